The highest BCUT2D eigenvalue weighted by molar-refractivity contribution is 5.41. The smallest absolute Gasteiger partial charge is 0.228 e. The number of nitriles is 1. The van der Waals surface area contributed by atoms with E-state index < -0.39 is 0 Å². The summed E-state index contributed by atoms with van der Waals surface area (Å²) in [5, 5.41) is 9.80. The minimum absolute atomic E-state index is 0.00784. The molecule has 3 aromatic rings. The molecule has 1 fully saturated rings. The minimum Gasteiger partial charge on any atom is -0.439 e. The minimum atomic E-state index is -0.320. The van der Waals surface area contributed by atoms with Gasteiger partial charge in [-0.2, -0.15) is 10.2 Å². The molecule has 0 radical (unpaired) electrons. The monoisotopic (exact) mass is 374 g/mol. The third-order valence-electron chi connectivity index (χ3n) is 4.89. The Morgan fingerprint density at radius 3 is 2.64 bits per heavy atom. The van der Waals surface area contributed by atoms with Crippen molar-refractivity contribution in [3.8, 4) is 17.7 Å². The van der Waals surface area contributed by atoms with Crippen molar-refractivity contribution in [2.24, 2.45) is 0 Å². The third-order valence-corrected chi connectivity index (χ3v) is 4.89. The van der Waals surface area contributed by atoms with Crippen molar-refractivity contribution in [2.45, 2.75) is 24.8 Å². The highest BCUT2D eigenvalue weighted by Crippen LogP contribution is 2.33. The van der Waals surface area contributed by atoms with Gasteiger partial charge in [0.25, 0.3) is 0 Å². The Kier molecular flexibility index (Phi) is 5.16. The predicted octanol–water partition coefficient (Wildman–Crippen LogP) is 4.68. The molecule has 1 saturated heterocycles. The average molecular weight is 374 g/mol. The molecule has 0 bridgehead atoms. The molecule has 0 N–H and O–H groups in total. The van der Waals surface area contributed by atoms with Crippen LogP contribution in [0.15, 0.2) is 66.9 Å². The normalized spacial score (nSPS) is 17.1. The summed E-state index contributed by atoms with van der Waals surface area (Å²) < 4.78 is 18.8. The van der Waals surface area contributed by atoms with Crippen LogP contribution in [0.4, 0.5) is 10.3 Å². The van der Waals surface area contributed by atoms with Crippen LogP contribution in [0.5, 0.6) is 11.6 Å². The summed E-state index contributed by atoms with van der Waals surface area (Å²) in [5.41, 5.74) is 1.00. The summed E-state index contributed by atoms with van der Waals surface area (Å²) in [6.07, 6.45) is 3.52. The fraction of sp³-hybridized carbons (Fsp3) is 0.227. The molecule has 1 aliphatic rings. The van der Waals surface area contributed by atoms with Gasteiger partial charge in [-0.05, 0) is 42.7 Å². The fourth-order valence-electron chi connectivity index (χ4n) is 3.58. The van der Waals surface area contributed by atoms with Crippen molar-refractivity contribution in [2.75, 3.05) is 11.4 Å². The Bertz CT molecular complexity index is 972. The molecule has 2 unspecified atom stereocenters. The first-order valence-electron chi connectivity index (χ1n) is 9.22. The van der Waals surface area contributed by atoms with E-state index in [1.807, 2.05) is 30.3 Å². The molecule has 28 heavy (non-hydrogen) atoms. The van der Waals surface area contributed by atoms with E-state index in [4.69, 9.17) is 4.74 Å². The Labute approximate surface area is 163 Å². The summed E-state index contributed by atoms with van der Waals surface area (Å²) in [4.78, 5) is 11.0. The molecule has 0 saturated carbocycles. The zero-order valence-electron chi connectivity index (χ0n) is 15.2. The van der Waals surface area contributed by atoms with Gasteiger partial charge in [0.1, 0.15) is 11.6 Å². The van der Waals surface area contributed by atoms with Gasteiger partial charge in [-0.15, -0.1) is 0 Å². The molecule has 0 aliphatic carbocycles. The molecule has 140 valence electrons. The summed E-state index contributed by atoms with van der Waals surface area (Å²) in [6, 6.07) is 19.7. The van der Waals surface area contributed by atoms with E-state index >= 15 is 0 Å². The van der Waals surface area contributed by atoms with E-state index in [9.17, 15) is 9.65 Å². The van der Waals surface area contributed by atoms with Crippen LogP contribution in [0, 0.1) is 17.1 Å². The average Bonchev–Trinajstić information content (AvgIpc) is 3.21. The lowest BCUT2D eigenvalue weighted by molar-refractivity contribution is 0.458. The molecule has 1 aromatic heterocycles. The van der Waals surface area contributed by atoms with E-state index in [1.54, 1.807) is 24.4 Å². The second-order valence-corrected chi connectivity index (χ2v) is 6.67. The summed E-state index contributed by atoms with van der Waals surface area (Å²) in [5.74, 6) is 0.852. The molecule has 0 amide bonds. The van der Waals surface area contributed by atoms with Crippen molar-refractivity contribution in [3.63, 3.8) is 0 Å². The molecule has 2 heterocycles. The number of halogens is 1. The predicted molar refractivity (Wildman–Crippen MR) is 104 cm³/mol. The third kappa shape index (κ3) is 3.79. The molecular formula is C22H19FN4O. The van der Waals surface area contributed by atoms with Crippen LogP contribution >= 0.6 is 0 Å². The number of hydrogen-bond donors (Lipinski definition) is 0. The van der Waals surface area contributed by atoms with Crippen molar-refractivity contribution in [1.29, 1.82) is 5.26 Å². The van der Waals surface area contributed by atoms with Gasteiger partial charge < -0.3 is 9.64 Å². The van der Waals surface area contributed by atoms with Crippen molar-refractivity contribution in [3.05, 3.63) is 78.2 Å². The molecule has 2 aromatic carbocycles. The Hall–Kier alpha value is -3.46. The second-order valence-electron chi connectivity index (χ2n) is 6.67. The van der Waals surface area contributed by atoms with Crippen LogP contribution in [0.1, 0.15) is 24.3 Å². The van der Waals surface area contributed by atoms with Crippen molar-refractivity contribution >= 4 is 5.95 Å². The van der Waals surface area contributed by atoms with Gasteiger partial charge >= 0.3 is 0 Å². The maximum absolute atomic E-state index is 13.1. The number of rotatable bonds is 5. The molecule has 4 rings (SSSR count). The molecule has 1 aliphatic heterocycles. The number of benzene rings is 2. The highest BCUT2D eigenvalue weighted by Gasteiger charge is 2.34. The van der Waals surface area contributed by atoms with Gasteiger partial charge in [0, 0.05) is 18.8 Å². The molecule has 2 atom stereocenters. The maximum Gasteiger partial charge on any atom is 0.228 e. The number of ether oxygens (including phenoxy) is 1. The van der Waals surface area contributed by atoms with Crippen molar-refractivity contribution in [1.82, 2.24) is 9.97 Å². The van der Waals surface area contributed by atoms with Crippen molar-refractivity contribution < 1.29 is 9.13 Å². The summed E-state index contributed by atoms with van der Waals surface area (Å²) in [7, 11) is 0. The second kappa shape index (κ2) is 8.05. The van der Waals surface area contributed by atoms with Gasteiger partial charge in [0.2, 0.25) is 11.8 Å². The number of aromatic nitrogens is 2. The van der Waals surface area contributed by atoms with Crippen LogP contribution < -0.4 is 9.64 Å². The number of hydrogen-bond acceptors (Lipinski definition) is 5. The molecule has 0 spiro atoms. The number of anilines is 1. The van der Waals surface area contributed by atoms with E-state index in [0.717, 1.165) is 24.9 Å². The molecular weight excluding hydrogens is 355 g/mol. The lowest BCUT2D eigenvalue weighted by Gasteiger charge is -2.28. The lowest BCUT2D eigenvalue weighted by atomic mass is 9.91. The van der Waals surface area contributed by atoms with Gasteiger partial charge in [-0.3, -0.25) is 0 Å². The van der Waals surface area contributed by atoms with E-state index in [-0.39, 0.29) is 17.8 Å². The lowest BCUT2D eigenvalue weighted by Crippen LogP contribution is -2.35. The number of nitrogens with zero attached hydrogens (tertiary/aromatic N) is 4. The van der Waals surface area contributed by atoms with Gasteiger partial charge in [-0.25, -0.2) is 9.37 Å². The van der Waals surface area contributed by atoms with Gasteiger partial charge in [-0.1, -0.05) is 30.3 Å². The Morgan fingerprint density at radius 2 is 1.89 bits per heavy atom. The fourth-order valence-corrected chi connectivity index (χ4v) is 3.58. The zero-order valence-corrected chi connectivity index (χ0v) is 15.2. The van der Waals surface area contributed by atoms with E-state index in [0.29, 0.717) is 17.6 Å². The quantitative estimate of drug-likeness (QED) is 0.649. The van der Waals surface area contributed by atoms with E-state index in [2.05, 4.69) is 20.9 Å². The summed E-state index contributed by atoms with van der Waals surface area (Å²) >= 11 is 0. The first-order chi connectivity index (χ1) is 13.7. The molecule has 5 nitrogen and oxygen atoms in total. The van der Waals surface area contributed by atoms with Gasteiger partial charge in [0.15, 0.2) is 0 Å². The standard InChI is InChI=1S/C22H19FN4O/c23-17-8-10-18(11-9-17)28-21-12-13-25-22(26-21)27-14-4-7-20(27)19(15-24)16-5-2-1-3-6-16/h1-3,5-6,8-13,19-20H,4,7,14H2. The zero-order chi connectivity index (χ0) is 19.3. The van der Waals surface area contributed by atoms with Crippen LogP contribution in [0.2, 0.25) is 0 Å². The SMILES string of the molecule is N#CC(c1ccccc1)C1CCCN1c1nccc(Oc2ccc(F)cc2)n1. The Balaban J connectivity index is 1.57. The topological polar surface area (TPSA) is 62.0 Å². The first kappa shape index (κ1) is 17.9. The van der Waals surface area contributed by atoms with E-state index in [1.165, 1.54) is 12.1 Å². The maximum atomic E-state index is 13.1. The van der Waals surface area contributed by atoms with Crippen LogP contribution in [-0.4, -0.2) is 22.6 Å². The Morgan fingerprint density at radius 1 is 1.11 bits per heavy atom. The first-order valence-corrected chi connectivity index (χ1v) is 9.22. The van der Waals surface area contributed by atoms with Crippen LogP contribution in [0.25, 0.3) is 0 Å². The van der Waals surface area contributed by atoms with Crippen LogP contribution in [0.3, 0.4) is 0 Å². The largest absolute Gasteiger partial charge is 0.439 e. The summed E-state index contributed by atoms with van der Waals surface area (Å²) in [6.45, 7) is 0.787. The van der Waals surface area contributed by atoms with Crippen LogP contribution in [-0.2, 0) is 0 Å². The highest BCUT2D eigenvalue weighted by atomic mass is 19.1. The van der Waals surface area contributed by atoms with Gasteiger partial charge in [0.05, 0.1) is 18.0 Å². The molecule has 6 heteroatoms.